The van der Waals surface area contributed by atoms with E-state index in [-0.39, 0.29) is 0 Å². The highest BCUT2D eigenvalue weighted by atomic mass is 15.1. The molecule has 2 aliphatic rings. The summed E-state index contributed by atoms with van der Waals surface area (Å²) in [7, 11) is 0. The molecule has 0 aromatic heterocycles. The summed E-state index contributed by atoms with van der Waals surface area (Å²) in [6, 6.07) is 1.48. The van der Waals surface area contributed by atoms with Crippen LogP contribution < -0.4 is 5.32 Å². The standard InChI is InChI=1S/C16H28N2/c1-4-7-18-8-5-15(6-9-18)17-16-11-13(2)10-14(3)12-16/h1,13-17H,5-12H2,2-3H3. The molecule has 0 amide bonds. The van der Waals surface area contributed by atoms with Crippen molar-refractivity contribution in [3.05, 3.63) is 0 Å². The molecule has 1 aliphatic carbocycles. The summed E-state index contributed by atoms with van der Waals surface area (Å²) in [6.45, 7) is 7.96. The Kier molecular flexibility index (Phi) is 5.09. The van der Waals surface area contributed by atoms with Crippen LogP contribution in [0.25, 0.3) is 0 Å². The van der Waals surface area contributed by atoms with Gasteiger partial charge in [0.1, 0.15) is 0 Å². The highest BCUT2D eigenvalue weighted by Crippen LogP contribution is 2.29. The second-order valence-electron chi connectivity index (χ2n) is 6.54. The van der Waals surface area contributed by atoms with Crippen LogP contribution in [0.5, 0.6) is 0 Å². The smallest absolute Gasteiger partial charge is 0.0598 e. The lowest BCUT2D eigenvalue weighted by molar-refractivity contribution is 0.176. The lowest BCUT2D eigenvalue weighted by atomic mass is 9.80. The minimum Gasteiger partial charge on any atom is -0.311 e. The summed E-state index contributed by atoms with van der Waals surface area (Å²) in [5.41, 5.74) is 0. The molecule has 0 spiro atoms. The van der Waals surface area contributed by atoms with E-state index in [1.807, 2.05) is 0 Å². The van der Waals surface area contributed by atoms with Crippen LogP contribution in [0.15, 0.2) is 0 Å². The topological polar surface area (TPSA) is 15.3 Å². The van der Waals surface area contributed by atoms with Crippen molar-refractivity contribution >= 4 is 0 Å². The average molecular weight is 248 g/mol. The maximum atomic E-state index is 5.37. The molecule has 1 saturated heterocycles. The highest BCUT2D eigenvalue weighted by Gasteiger charge is 2.27. The molecule has 1 heterocycles. The molecule has 18 heavy (non-hydrogen) atoms. The molecule has 1 saturated carbocycles. The van der Waals surface area contributed by atoms with Gasteiger partial charge in [-0.15, -0.1) is 6.42 Å². The number of terminal acetylenes is 1. The van der Waals surface area contributed by atoms with Crippen LogP contribution in [0.3, 0.4) is 0 Å². The van der Waals surface area contributed by atoms with Crippen LogP contribution >= 0.6 is 0 Å². The number of hydrogen-bond donors (Lipinski definition) is 1. The SMILES string of the molecule is C#CCN1CCC(NC2CC(C)CC(C)C2)CC1. The molecule has 0 aromatic rings. The Labute approximate surface area is 113 Å². The van der Waals surface area contributed by atoms with E-state index in [1.54, 1.807) is 0 Å². The maximum Gasteiger partial charge on any atom is 0.0598 e. The van der Waals surface area contributed by atoms with Crippen molar-refractivity contribution in [2.75, 3.05) is 19.6 Å². The molecule has 2 unspecified atom stereocenters. The third-order valence-corrected chi connectivity index (χ3v) is 4.55. The zero-order valence-electron chi connectivity index (χ0n) is 12.0. The van der Waals surface area contributed by atoms with Gasteiger partial charge >= 0.3 is 0 Å². The first-order valence-electron chi connectivity index (χ1n) is 7.59. The Morgan fingerprint density at radius 2 is 1.67 bits per heavy atom. The molecule has 102 valence electrons. The summed E-state index contributed by atoms with van der Waals surface area (Å²) >= 11 is 0. The second kappa shape index (κ2) is 6.59. The van der Waals surface area contributed by atoms with Gasteiger partial charge in [0.15, 0.2) is 0 Å². The third-order valence-electron chi connectivity index (χ3n) is 4.55. The van der Waals surface area contributed by atoms with Gasteiger partial charge in [0.2, 0.25) is 0 Å². The monoisotopic (exact) mass is 248 g/mol. The van der Waals surface area contributed by atoms with Gasteiger partial charge in [0, 0.05) is 25.2 Å². The molecule has 0 aromatic carbocycles. The molecule has 2 nitrogen and oxygen atoms in total. The van der Waals surface area contributed by atoms with E-state index < -0.39 is 0 Å². The molecule has 2 atom stereocenters. The predicted octanol–water partition coefficient (Wildman–Crippen LogP) is 2.50. The summed E-state index contributed by atoms with van der Waals surface area (Å²) in [4.78, 5) is 2.39. The van der Waals surface area contributed by atoms with Crippen LogP contribution in [0.4, 0.5) is 0 Å². The molecular formula is C16H28N2. The molecule has 2 fully saturated rings. The van der Waals surface area contributed by atoms with Crippen LogP contribution in [-0.4, -0.2) is 36.6 Å². The zero-order valence-corrected chi connectivity index (χ0v) is 12.0. The lowest BCUT2D eigenvalue weighted by Gasteiger charge is -2.37. The van der Waals surface area contributed by atoms with Crippen molar-refractivity contribution in [1.29, 1.82) is 0 Å². The van der Waals surface area contributed by atoms with Crippen LogP contribution in [-0.2, 0) is 0 Å². The summed E-state index contributed by atoms with van der Waals surface area (Å²) < 4.78 is 0. The number of likely N-dealkylation sites (tertiary alicyclic amines) is 1. The van der Waals surface area contributed by atoms with E-state index in [2.05, 4.69) is 30.0 Å². The van der Waals surface area contributed by atoms with Crippen molar-refractivity contribution in [2.24, 2.45) is 11.8 Å². The first-order valence-corrected chi connectivity index (χ1v) is 7.59. The van der Waals surface area contributed by atoms with E-state index in [0.717, 1.165) is 30.5 Å². The van der Waals surface area contributed by atoms with Crippen molar-refractivity contribution in [2.45, 2.75) is 58.0 Å². The molecule has 2 rings (SSSR count). The van der Waals surface area contributed by atoms with E-state index in [0.29, 0.717) is 0 Å². The fourth-order valence-electron chi connectivity index (χ4n) is 3.80. The molecule has 1 N–H and O–H groups in total. The Hall–Kier alpha value is -0.520. The number of nitrogens with one attached hydrogen (secondary N) is 1. The Balaban J connectivity index is 1.73. The number of piperidine rings is 1. The maximum absolute atomic E-state index is 5.37. The highest BCUT2D eigenvalue weighted by molar-refractivity contribution is 4.91. The lowest BCUT2D eigenvalue weighted by Crippen LogP contribution is -2.48. The first kappa shape index (κ1) is 13.9. The van der Waals surface area contributed by atoms with E-state index in [1.165, 1.54) is 45.2 Å². The Morgan fingerprint density at radius 3 is 2.22 bits per heavy atom. The van der Waals surface area contributed by atoms with E-state index >= 15 is 0 Å². The van der Waals surface area contributed by atoms with Crippen LogP contribution in [0.2, 0.25) is 0 Å². The Morgan fingerprint density at radius 1 is 1.06 bits per heavy atom. The normalized spacial score (nSPS) is 35.3. The first-order chi connectivity index (χ1) is 8.67. The summed E-state index contributed by atoms with van der Waals surface area (Å²) in [6.07, 6.45) is 12.1. The fraction of sp³-hybridized carbons (Fsp3) is 0.875. The van der Waals surface area contributed by atoms with Crippen LogP contribution in [0.1, 0.15) is 46.0 Å². The average Bonchev–Trinajstić information content (AvgIpc) is 2.31. The van der Waals surface area contributed by atoms with Gasteiger partial charge in [-0.1, -0.05) is 19.8 Å². The van der Waals surface area contributed by atoms with Gasteiger partial charge in [0.05, 0.1) is 6.54 Å². The summed E-state index contributed by atoms with van der Waals surface area (Å²) in [5, 5.41) is 3.90. The van der Waals surface area contributed by atoms with E-state index in [9.17, 15) is 0 Å². The third kappa shape index (κ3) is 4.00. The number of nitrogens with zero attached hydrogens (tertiary/aromatic N) is 1. The fourth-order valence-corrected chi connectivity index (χ4v) is 3.80. The largest absolute Gasteiger partial charge is 0.311 e. The van der Waals surface area contributed by atoms with E-state index in [4.69, 9.17) is 6.42 Å². The minimum absolute atomic E-state index is 0.724. The van der Waals surface area contributed by atoms with Crippen molar-refractivity contribution in [3.8, 4) is 12.3 Å². The number of hydrogen-bond acceptors (Lipinski definition) is 2. The minimum atomic E-state index is 0.724. The van der Waals surface area contributed by atoms with Crippen LogP contribution in [0, 0.1) is 24.2 Å². The zero-order chi connectivity index (χ0) is 13.0. The van der Waals surface area contributed by atoms with Gasteiger partial charge in [-0.25, -0.2) is 0 Å². The molecule has 2 heteroatoms. The summed E-state index contributed by atoms with van der Waals surface area (Å²) in [5.74, 6) is 4.54. The van der Waals surface area contributed by atoms with Gasteiger partial charge in [0.25, 0.3) is 0 Å². The predicted molar refractivity (Wildman–Crippen MR) is 77.4 cm³/mol. The van der Waals surface area contributed by atoms with Gasteiger partial charge in [-0.3, -0.25) is 4.90 Å². The van der Waals surface area contributed by atoms with Gasteiger partial charge in [-0.05, 0) is 43.9 Å². The number of rotatable bonds is 3. The van der Waals surface area contributed by atoms with Crippen molar-refractivity contribution in [3.63, 3.8) is 0 Å². The quantitative estimate of drug-likeness (QED) is 0.772. The van der Waals surface area contributed by atoms with Gasteiger partial charge < -0.3 is 5.32 Å². The molecule has 1 aliphatic heterocycles. The molecule has 0 bridgehead atoms. The Bertz CT molecular complexity index is 276. The van der Waals surface area contributed by atoms with Gasteiger partial charge in [-0.2, -0.15) is 0 Å². The van der Waals surface area contributed by atoms with Crippen molar-refractivity contribution < 1.29 is 0 Å². The second-order valence-corrected chi connectivity index (χ2v) is 6.54. The molecular weight excluding hydrogens is 220 g/mol. The van der Waals surface area contributed by atoms with Crippen molar-refractivity contribution in [1.82, 2.24) is 10.2 Å². The molecule has 0 radical (unpaired) electrons.